The fourth-order valence-corrected chi connectivity index (χ4v) is 1.16. The minimum Gasteiger partial charge on any atom is -0.444 e. The summed E-state index contributed by atoms with van der Waals surface area (Å²) in [5.41, 5.74) is -0.488. The topological polar surface area (TPSA) is 48.0 Å². The molecule has 102 valence electrons. The Morgan fingerprint density at radius 3 is 2.00 bits per heavy atom. The van der Waals surface area contributed by atoms with Gasteiger partial charge in [0, 0.05) is 20.3 Å². The van der Waals surface area contributed by atoms with Gasteiger partial charge in [0.05, 0.1) is 6.54 Å². The highest BCUT2D eigenvalue weighted by Crippen LogP contribution is 2.10. The van der Waals surface area contributed by atoms with Crippen LogP contribution in [-0.4, -0.2) is 49.7 Å². The number of rotatable bonds is 6. The summed E-state index contributed by atoms with van der Waals surface area (Å²) in [6, 6.07) is 0. The van der Waals surface area contributed by atoms with Gasteiger partial charge in [-0.15, -0.1) is 0 Å². The van der Waals surface area contributed by atoms with Gasteiger partial charge in [-0.2, -0.15) is 0 Å². The zero-order chi connectivity index (χ0) is 13.5. The Morgan fingerprint density at radius 1 is 1.18 bits per heavy atom. The van der Waals surface area contributed by atoms with E-state index in [1.165, 1.54) is 4.90 Å². The lowest BCUT2D eigenvalue weighted by molar-refractivity contribution is -0.144. The average molecular weight is 247 g/mol. The van der Waals surface area contributed by atoms with Gasteiger partial charge < -0.3 is 19.1 Å². The molecule has 0 atom stereocenters. The first-order valence-corrected chi connectivity index (χ1v) is 5.97. The van der Waals surface area contributed by atoms with Crippen LogP contribution in [0.5, 0.6) is 0 Å². The van der Waals surface area contributed by atoms with Crippen LogP contribution in [0.25, 0.3) is 0 Å². The zero-order valence-electron chi connectivity index (χ0n) is 11.8. The molecular weight excluding hydrogens is 222 g/mol. The van der Waals surface area contributed by atoms with Gasteiger partial charge in [-0.05, 0) is 34.6 Å². The Morgan fingerprint density at radius 2 is 1.65 bits per heavy atom. The lowest BCUT2D eigenvalue weighted by Gasteiger charge is -2.27. The lowest BCUT2D eigenvalue weighted by Crippen LogP contribution is -2.40. The minimum absolute atomic E-state index is 0.358. The molecule has 0 spiro atoms. The molecule has 0 aliphatic rings. The molecule has 1 amide bonds. The lowest BCUT2D eigenvalue weighted by atomic mass is 10.2. The summed E-state index contributed by atoms with van der Waals surface area (Å²) in [5, 5.41) is 0. The highest BCUT2D eigenvalue weighted by Gasteiger charge is 2.22. The second-order valence-corrected chi connectivity index (χ2v) is 4.70. The van der Waals surface area contributed by atoms with Crippen molar-refractivity contribution in [3.8, 4) is 0 Å². The monoisotopic (exact) mass is 247 g/mol. The summed E-state index contributed by atoms with van der Waals surface area (Å²) >= 11 is 0. The predicted molar refractivity (Wildman–Crippen MR) is 65.9 cm³/mol. The van der Waals surface area contributed by atoms with Crippen LogP contribution in [-0.2, 0) is 14.2 Å². The van der Waals surface area contributed by atoms with Crippen molar-refractivity contribution in [1.29, 1.82) is 0 Å². The van der Waals surface area contributed by atoms with Crippen LogP contribution in [0, 0.1) is 0 Å². The summed E-state index contributed by atoms with van der Waals surface area (Å²) in [4.78, 5) is 13.2. The molecule has 0 aromatic heterocycles. The van der Waals surface area contributed by atoms with Crippen molar-refractivity contribution in [2.45, 2.75) is 46.5 Å². The fraction of sp³-hybridized carbons (Fsp3) is 0.917. The molecule has 5 heteroatoms. The third-order valence-electron chi connectivity index (χ3n) is 1.83. The SMILES string of the molecule is CCOC(CN(C)C(=O)OC(C)(C)C)OCC. The number of likely N-dealkylation sites (N-methyl/N-ethyl adjacent to an activating group) is 1. The van der Waals surface area contributed by atoms with Gasteiger partial charge in [0.25, 0.3) is 0 Å². The molecule has 0 unspecified atom stereocenters. The number of ether oxygens (including phenoxy) is 3. The third kappa shape index (κ3) is 7.99. The van der Waals surface area contributed by atoms with E-state index in [1.54, 1.807) is 7.05 Å². The molecule has 5 nitrogen and oxygen atoms in total. The predicted octanol–water partition coefficient (Wildman–Crippen LogP) is 2.25. The first-order chi connectivity index (χ1) is 7.80. The van der Waals surface area contributed by atoms with E-state index < -0.39 is 11.9 Å². The summed E-state index contributed by atoms with van der Waals surface area (Å²) in [7, 11) is 1.67. The standard InChI is InChI=1S/C12H25NO4/c1-7-15-10(16-8-2)9-13(6)11(14)17-12(3,4)5/h10H,7-9H2,1-6H3. The van der Waals surface area contributed by atoms with Crippen molar-refractivity contribution in [2.24, 2.45) is 0 Å². The van der Waals surface area contributed by atoms with E-state index in [1.807, 2.05) is 34.6 Å². The molecule has 0 aliphatic carbocycles. The van der Waals surface area contributed by atoms with E-state index in [4.69, 9.17) is 14.2 Å². The molecule has 0 bridgehead atoms. The van der Waals surface area contributed by atoms with Crippen LogP contribution in [0.4, 0.5) is 4.79 Å². The molecule has 17 heavy (non-hydrogen) atoms. The van der Waals surface area contributed by atoms with Gasteiger partial charge in [-0.1, -0.05) is 0 Å². The molecule has 0 N–H and O–H groups in total. The fourth-order valence-electron chi connectivity index (χ4n) is 1.16. The molecule has 0 fully saturated rings. The summed E-state index contributed by atoms with van der Waals surface area (Å²) in [5.74, 6) is 0. The van der Waals surface area contributed by atoms with Crippen molar-refractivity contribution < 1.29 is 19.0 Å². The van der Waals surface area contributed by atoms with Crippen molar-refractivity contribution in [2.75, 3.05) is 26.8 Å². The van der Waals surface area contributed by atoms with E-state index in [9.17, 15) is 4.79 Å². The summed E-state index contributed by atoms with van der Waals surface area (Å²) in [6.07, 6.45) is -0.774. The van der Waals surface area contributed by atoms with Gasteiger partial charge in [0.15, 0.2) is 6.29 Å². The van der Waals surface area contributed by atoms with Gasteiger partial charge in [0.1, 0.15) is 5.60 Å². The molecule has 0 rings (SSSR count). The Kier molecular flexibility index (Phi) is 7.15. The largest absolute Gasteiger partial charge is 0.444 e. The average Bonchev–Trinajstić information content (AvgIpc) is 2.15. The molecule has 0 heterocycles. The first-order valence-electron chi connectivity index (χ1n) is 5.97. The van der Waals surface area contributed by atoms with Crippen LogP contribution in [0.3, 0.4) is 0 Å². The van der Waals surface area contributed by atoms with Crippen LogP contribution in [0.2, 0.25) is 0 Å². The summed E-state index contributed by atoms with van der Waals surface area (Å²) < 4.78 is 16.0. The van der Waals surface area contributed by atoms with Crippen molar-refractivity contribution in [3.05, 3.63) is 0 Å². The van der Waals surface area contributed by atoms with Crippen LogP contribution >= 0.6 is 0 Å². The normalized spacial score (nSPS) is 11.7. The summed E-state index contributed by atoms with van der Waals surface area (Å²) in [6.45, 7) is 10.7. The maximum atomic E-state index is 11.7. The first kappa shape index (κ1) is 16.2. The van der Waals surface area contributed by atoms with Gasteiger partial charge >= 0.3 is 6.09 Å². The van der Waals surface area contributed by atoms with Crippen LogP contribution in [0.1, 0.15) is 34.6 Å². The van der Waals surface area contributed by atoms with Gasteiger partial charge in [0.2, 0.25) is 0 Å². The second kappa shape index (κ2) is 7.50. The minimum atomic E-state index is -0.488. The molecule has 0 saturated heterocycles. The van der Waals surface area contributed by atoms with Gasteiger partial charge in [-0.3, -0.25) is 0 Å². The Hall–Kier alpha value is -0.810. The quantitative estimate of drug-likeness (QED) is 0.675. The molecular formula is C12H25NO4. The van der Waals surface area contributed by atoms with Crippen LogP contribution in [0.15, 0.2) is 0 Å². The van der Waals surface area contributed by atoms with Gasteiger partial charge in [-0.25, -0.2) is 4.79 Å². The number of carbonyl (C=O) groups is 1. The van der Waals surface area contributed by atoms with E-state index in [-0.39, 0.29) is 6.09 Å². The number of nitrogens with zero attached hydrogens (tertiary/aromatic N) is 1. The molecule has 0 aliphatic heterocycles. The highest BCUT2D eigenvalue weighted by molar-refractivity contribution is 5.67. The number of hydrogen-bond acceptors (Lipinski definition) is 4. The third-order valence-corrected chi connectivity index (χ3v) is 1.83. The van der Waals surface area contributed by atoms with Crippen molar-refractivity contribution in [1.82, 2.24) is 4.90 Å². The van der Waals surface area contributed by atoms with E-state index in [2.05, 4.69) is 0 Å². The number of hydrogen-bond donors (Lipinski definition) is 0. The highest BCUT2D eigenvalue weighted by atomic mass is 16.7. The second-order valence-electron chi connectivity index (χ2n) is 4.70. The molecule has 0 aromatic rings. The van der Waals surface area contributed by atoms with Crippen molar-refractivity contribution >= 4 is 6.09 Å². The number of carbonyl (C=O) groups excluding carboxylic acids is 1. The van der Waals surface area contributed by atoms with Crippen molar-refractivity contribution in [3.63, 3.8) is 0 Å². The molecule has 0 radical (unpaired) electrons. The Bertz CT molecular complexity index is 219. The Labute approximate surface area is 104 Å². The van der Waals surface area contributed by atoms with E-state index in [0.29, 0.717) is 19.8 Å². The van der Waals surface area contributed by atoms with E-state index >= 15 is 0 Å². The van der Waals surface area contributed by atoms with Crippen LogP contribution < -0.4 is 0 Å². The molecule has 0 saturated carbocycles. The maximum absolute atomic E-state index is 11.7. The zero-order valence-corrected chi connectivity index (χ0v) is 11.8. The molecule has 0 aromatic carbocycles. The number of amides is 1. The Balaban J connectivity index is 4.19. The maximum Gasteiger partial charge on any atom is 0.410 e. The smallest absolute Gasteiger partial charge is 0.410 e. The van der Waals surface area contributed by atoms with E-state index in [0.717, 1.165) is 0 Å².